The van der Waals surface area contributed by atoms with E-state index in [1.807, 2.05) is 29.2 Å². The molecule has 1 fully saturated rings. The second-order valence-corrected chi connectivity index (χ2v) is 9.43. The predicted molar refractivity (Wildman–Crippen MR) is 119 cm³/mol. The summed E-state index contributed by atoms with van der Waals surface area (Å²) >= 11 is 3.46. The van der Waals surface area contributed by atoms with Crippen LogP contribution in [0.4, 0.5) is 4.79 Å². The van der Waals surface area contributed by atoms with Crippen LogP contribution in [0.3, 0.4) is 0 Å². The Bertz CT molecular complexity index is 740. The van der Waals surface area contributed by atoms with Crippen LogP contribution >= 0.6 is 15.9 Å². The van der Waals surface area contributed by atoms with Gasteiger partial charge in [0, 0.05) is 37.1 Å². The van der Waals surface area contributed by atoms with Gasteiger partial charge in [-0.25, -0.2) is 4.79 Å². The van der Waals surface area contributed by atoms with Crippen LogP contribution in [-0.2, 0) is 20.7 Å². The highest BCUT2D eigenvalue weighted by atomic mass is 79.9. The van der Waals surface area contributed by atoms with Crippen molar-refractivity contribution in [1.29, 1.82) is 0 Å². The number of carbonyl (C=O) groups is 3. The highest BCUT2D eigenvalue weighted by Crippen LogP contribution is 2.18. The molecule has 1 aromatic carbocycles. The van der Waals surface area contributed by atoms with Gasteiger partial charge in [0.05, 0.1) is 6.42 Å². The van der Waals surface area contributed by atoms with Gasteiger partial charge in [-0.15, -0.1) is 0 Å². The number of nitrogens with one attached hydrogen (secondary N) is 2. The molecule has 0 spiro atoms. The predicted octanol–water partition coefficient (Wildman–Crippen LogP) is 3.26. The van der Waals surface area contributed by atoms with E-state index in [-0.39, 0.29) is 24.8 Å². The Morgan fingerprint density at radius 3 is 2.43 bits per heavy atom. The van der Waals surface area contributed by atoms with Gasteiger partial charge in [-0.3, -0.25) is 9.59 Å². The lowest BCUT2D eigenvalue weighted by Crippen LogP contribution is -2.43. The van der Waals surface area contributed by atoms with E-state index in [1.54, 1.807) is 20.8 Å². The lowest BCUT2D eigenvalue weighted by Gasteiger charge is -2.32. The molecule has 0 saturated carbocycles. The fourth-order valence-electron chi connectivity index (χ4n) is 3.27. The van der Waals surface area contributed by atoms with Crippen molar-refractivity contribution in [1.82, 2.24) is 15.5 Å². The van der Waals surface area contributed by atoms with Crippen molar-refractivity contribution in [2.45, 2.75) is 52.1 Å². The van der Waals surface area contributed by atoms with Gasteiger partial charge in [0.2, 0.25) is 11.8 Å². The summed E-state index contributed by atoms with van der Waals surface area (Å²) in [4.78, 5) is 38.0. The van der Waals surface area contributed by atoms with Crippen LogP contribution in [0.15, 0.2) is 28.7 Å². The number of piperidine rings is 1. The number of likely N-dealkylation sites (tertiary alicyclic amines) is 1. The van der Waals surface area contributed by atoms with Gasteiger partial charge in [0.15, 0.2) is 0 Å². The minimum Gasteiger partial charge on any atom is -0.444 e. The Labute approximate surface area is 187 Å². The van der Waals surface area contributed by atoms with Gasteiger partial charge in [0.25, 0.3) is 0 Å². The largest absolute Gasteiger partial charge is 0.444 e. The van der Waals surface area contributed by atoms with Crippen molar-refractivity contribution >= 4 is 33.8 Å². The molecule has 1 aliphatic rings. The number of benzene rings is 1. The van der Waals surface area contributed by atoms with Crippen molar-refractivity contribution < 1.29 is 19.1 Å². The molecular formula is C22H32BrN3O4. The lowest BCUT2D eigenvalue weighted by atomic mass is 9.96. The molecular weight excluding hydrogens is 450 g/mol. The van der Waals surface area contributed by atoms with E-state index in [2.05, 4.69) is 26.6 Å². The van der Waals surface area contributed by atoms with Crippen molar-refractivity contribution in [2.24, 2.45) is 5.92 Å². The quantitative estimate of drug-likeness (QED) is 0.625. The molecule has 1 aliphatic heterocycles. The zero-order chi connectivity index (χ0) is 22.1. The maximum Gasteiger partial charge on any atom is 0.407 e. The van der Waals surface area contributed by atoms with E-state index < -0.39 is 11.7 Å². The van der Waals surface area contributed by atoms with Crippen LogP contribution in [0.5, 0.6) is 0 Å². The van der Waals surface area contributed by atoms with Crippen molar-refractivity contribution in [3.05, 3.63) is 34.3 Å². The number of hydrogen-bond donors (Lipinski definition) is 2. The lowest BCUT2D eigenvalue weighted by molar-refractivity contribution is -0.132. The maximum absolute atomic E-state index is 12.3. The van der Waals surface area contributed by atoms with Crippen LogP contribution in [0.2, 0.25) is 0 Å². The third kappa shape index (κ3) is 8.73. The fraction of sp³-hybridized carbons (Fsp3) is 0.591. The van der Waals surface area contributed by atoms with E-state index in [9.17, 15) is 14.4 Å². The van der Waals surface area contributed by atoms with Gasteiger partial charge in [-0.2, -0.15) is 0 Å². The number of hydrogen-bond acceptors (Lipinski definition) is 4. The first kappa shape index (κ1) is 24.2. The summed E-state index contributed by atoms with van der Waals surface area (Å²) in [5.41, 5.74) is 0.415. The third-order valence-electron chi connectivity index (χ3n) is 4.87. The molecule has 2 rings (SSSR count). The molecule has 0 aliphatic carbocycles. The van der Waals surface area contributed by atoms with E-state index in [1.165, 1.54) is 0 Å². The molecule has 0 aromatic heterocycles. The van der Waals surface area contributed by atoms with Crippen molar-refractivity contribution in [3.63, 3.8) is 0 Å². The minimum absolute atomic E-state index is 0.00798. The first-order chi connectivity index (χ1) is 14.1. The molecule has 8 heteroatoms. The third-order valence-corrected chi connectivity index (χ3v) is 5.64. The first-order valence-electron chi connectivity index (χ1n) is 10.4. The Kier molecular flexibility index (Phi) is 9.14. The van der Waals surface area contributed by atoms with E-state index in [4.69, 9.17) is 4.74 Å². The highest BCUT2D eigenvalue weighted by molar-refractivity contribution is 9.10. The molecule has 30 heavy (non-hydrogen) atoms. The van der Waals surface area contributed by atoms with Crippen LogP contribution < -0.4 is 10.6 Å². The Balaban J connectivity index is 1.62. The first-order valence-corrected chi connectivity index (χ1v) is 11.2. The highest BCUT2D eigenvalue weighted by Gasteiger charge is 2.23. The number of amides is 3. The summed E-state index contributed by atoms with van der Waals surface area (Å²) < 4.78 is 6.10. The number of halogens is 1. The fourth-order valence-corrected chi connectivity index (χ4v) is 3.69. The summed E-state index contributed by atoms with van der Waals surface area (Å²) in [6, 6.07) is 7.71. The summed E-state index contributed by atoms with van der Waals surface area (Å²) in [6.45, 7) is 7.64. The normalized spacial score (nSPS) is 14.9. The van der Waals surface area contributed by atoms with Gasteiger partial charge in [-0.1, -0.05) is 34.1 Å². The topological polar surface area (TPSA) is 87.7 Å². The zero-order valence-corrected chi connectivity index (χ0v) is 19.6. The smallest absolute Gasteiger partial charge is 0.407 e. The summed E-state index contributed by atoms with van der Waals surface area (Å²) in [6.07, 6.45) is 1.82. The zero-order valence-electron chi connectivity index (χ0n) is 18.0. The second kappa shape index (κ2) is 11.3. The van der Waals surface area contributed by atoms with Crippen molar-refractivity contribution in [2.75, 3.05) is 26.2 Å². The van der Waals surface area contributed by atoms with E-state index >= 15 is 0 Å². The van der Waals surface area contributed by atoms with E-state index in [0.717, 1.165) is 22.9 Å². The second-order valence-electron chi connectivity index (χ2n) is 8.58. The summed E-state index contributed by atoms with van der Waals surface area (Å²) in [5.74, 6) is 0.410. The number of alkyl carbamates (subject to hydrolysis) is 1. The number of carbonyl (C=O) groups excluding carboxylic acids is 3. The molecule has 1 heterocycles. The summed E-state index contributed by atoms with van der Waals surface area (Å²) in [7, 11) is 0. The van der Waals surface area contributed by atoms with Gasteiger partial charge in [0.1, 0.15) is 5.60 Å². The standard InChI is InChI=1S/C22H32BrN3O4/c1-22(2,3)30-21(29)24-11-8-20(28)26-12-9-16(10-13-26)15-25-19(27)14-17-6-4-5-7-18(17)23/h4-7,16H,8-15H2,1-3H3,(H,24,29)(H,25,27). The molecule has 0 bridgehead atoms. The van der Waals surface area contributed by atoms with Crippen LogP contribution in [-0.4, -0.2) is 54.6 Å². The SMILES string of the molecule is CC(C)(C)OC(=O)NCCC(=O)N1CCC(CNC(=O)Cc2ccccc2Br)CC1. The Morgan fingerprint density at radius 1 is 1.13 bits per heavy atom. The molecule has 0 radical (unpaired) electrons. The number of ether oxygens (including phenoxy) is 1. The molecule has 2 N–H and O–H groups in total. The van der Waals surface area contributed by atoms with Gasteiger partial charge >= 0.3 is 6.09 Å². The molecule has 7 nitrogen and oxygen atoms in total. The van der Waals surface area contributed by atoms with Gasteiger partial charge < -0.3 is 20.3 Å². The van der Waals surface area contributed by atoms with Crippen molar-refractivity contribution in [3.8, 4) is 0 Å². The maximum atomic E-state index is 12.3. The molecule has 166 valence electrons. The minimum atomic E-state index is -0.553. The number of nitrogens with zero attached hydrogens (tertiary/aromatic N) is 1. The molecule has 0 atom stereocenters. The average Bonchev–Trinajstić information content (AvgIpc) is 2.67. The average molecular weight is 482 g/mol. The van der Waals surface area contributed by atoms with Crippen LogP contribution in [0, 0.1) is 5.92 Å². The Morgan fingerprint density at radius 2 is 1.80 bits per heavy atom. The van der Waals surface area contributed by atoms with E-state index in [0.29, 0.717) is 32.0 Å². The van der Waals surface area contributed by atoms with Gasteiger partial charge in [-0.05, 0) is 51.2 Å². The summed E-state index contributed by atoms with van der Waals surface area (Å²) in [5, 5.41) is 5.63. The number of rotatable bonds is 7. The molecule has 3 amide bonds. The molecule has 1 saturated heterocycles. The monoisotopic (exact) mass is 481 g/mol. The molecule has 0 unspecified atom stereocenters. The Hall–Kier alpha value is -2.09. The van der Waals surface area contributed by atoms with Crippen LogP contribution in [0.25, 0.3) is 0 Å². The van der Waals surface area contributed by atoms with Crippen LogP contribution in [0.1, 0.15) is 45.6 Å². The molecule has 1 aromatic rings.